The molecule has 2 fully saturated rings. The minimum Gasteiger partial charge on any atom is -0.356 e. The topological polar surface area (TPSA) is 135 Å². The van der Waals surface area contributed by atoms with Gasteiger partial charge in [-0.15, -0.1) is 0 Å². The lowest BCUT2D eigenvalue weighted by Gasteiger charge is -2.16. The SMILES string of the molecule is NOCC(=O)NCCCCCNC(=O)CCCCC1SCC2NC(=O)NC21. The summed E-state index contributed by atoms with van der Waals surface area (Å²) >= 11 is 1.91. The van der Waals surface area contributed by atoms with Gasteiger partial charge in [0.2, 0.25) is 11.8 Å². The molecule has 2 heterocycles. The molecule has 0 aromatic carbocycles. The molecular weight excluding hydrogens is 370 g/mol. The van der Waals surface area contributed by atoms with E-state index in [0.29, 0.717) is 24.8 Å². The van der Waals surface area contributed by atoms with Crippen LogP contribution in [0.4, 0.5) is 4.79 Å². The Bertz CT molecular complexity index is 508. The average molecular weight is 402 g/mol. The Morgan fingerprint density at radius 1 is 1.07 bits per heavy atom. The summed E-state index contributed by atoms with van der Waals surface area (Å²) in [6.45, 7) is 1.13. The molecule has 9 nitrogen and oxygen atoms in total. The fourth-order valence-corrected chi connectivity index (χ4v) is 4.92. The van der Waals surface area contributed by atoms with Gasteiger partial charge in [0.05, 0.1) is 12.1 Å². The maximum absolute atomic E-state index is 11.8. The van der Waals surface area contributed by atoms with Crippen LogP contribution in [-0.2, 0) is 14.4 Å². The lowest BCUT2D eigenvalue weighted by atomic mass is 10.0. The molecule has 4 amide bonds. The Morgan fingerprint density at radius 2 is 1.81 bits per heavy atom. The molecule has 2 aliphatic heterocycles. The summed E-state index contributed by atoms with van der Waals surface area (Å²) in [4.78, 5) is 38.5. The Hall–Kier alpha value is -1.52. The molecule has 0 aliphatic carbocycles. The summed E-state index contributed by atoms with van der Waals surface area (Å²) < 4.78 is 0. The van der Waals surface area contributed by atoms with Crippen molar-refractivity contribution in [3.8, 4) is 0 Å². The van der Waals surface area contributed by atoms with E-state index in [1.165, 1.54) is 0 Å². The molecule has 0 aromatic rings. The number of urea groups is 1. The number of thioether (sulfide) groups is 1. The Labute approximate surface area is 164 Å². The lowest BCUT2D eigenvalue weighted by Crippen LogP contribution is -2.36. The quantitative estimate of drug-likeness (QED) is 0.168. The monoisotopic (exact) mass is 401 g/mol. The average Bonchev–Trinajstić information content (AvgIpc) is 3.17. The highest BCUT2D eigenvalue weighted by Crippen LogP contribution is 2.33. The molecule has 0 saturated carbocycles. The zero-order chi connectivity index (χ0) is 19.5. The predicted molar refractivity (Wildman–Crippen MR) is 104 cm³/mol. The fraction of sp³-hybridized carbons (Fsp3) is 0.824. The van der Waals surface area contributed by atoms with E-state index in [1.54, 1.807) is 0 Å². The number of unbranched alkanes of at least 4 members (excludes halogenated alkanes) is 3. The second kappa shape index (κ2) is 12.0. The van der Waals surface area contributed by atoms with Gasteiger partial charge in [0.25, 0.3) is 0 Å². The fourth-order valence-electron chi connectivity index (χ4n) is 3.37. The van der Waals surface area contributed by atoms with Crippen molar-refractivity contribution in [2.45, 2.75) is 62.3 Å². The van der Waals surface area contributed by atoms with E-state index in [2.05, 4.69) is 26.1 Å². The van der Waals surface area contributed by atoms with Gasteiger partial charge in [0.1, 0.15) is 6.61 Å². The molecule has 3 unspecified atom stereocenters. The smallest absolute Gasteiger partial charge is 0.315 e. The number of carbonyl (C=O) groups excluding carboxylic acids is 3. The van der Waals surface area contributed by atoms with Crippen LogP contribution in [0.2, 0.25) is 0 Å². The Balaban J connectivity index is 1.40. The van der Waals surface area contributed by atoms with Crippen molar-refractivity contribution >= 4 is 29.6 Å². The van der Waals surface area contributed by atoms with Gasteiger partial charge in [-0.25, -0.2) is 10.7 Å². The van der Waals surface area contributed by atoms with Crippen LogP contribution in [-0.4, -0.2) is 60.6 Å². The molecule has 0 aromatic heterocycles. The molecule has 3 atom stereocenters. The zero-order valence-corrected chi connectivity index (χ0v) is 16.4. The Morgan fingerprint density at radius 3 is 2.56 bits per heavy atom. The van der Waals surface area contributed by atoms with Crippen LogP contribution in [0.15, 0.2) is 0 Å². The first kappa shape index (κ1) is 21.8. The van der Waals surface area contributed by atoms with E-state index < -0.39 is 0 Å². The van der Waals surface area contributed by atoms with Crippen LogP contribution < -0.4 is 27.2 Å². The number of nitrogens with one attached hydrogen (secondary N) is 4. The summed E-state index contributed by atoms with van der Waals surface area (Å²) in [6, 6.07) is 0.448. The molecule has 2 aliphatic rings. The second-order valence-corrected chi connectivity index (χ2v) is 8.21. The number of hydrogen-bond acceptors (Lipinski definition) is 6. The molecule has 0 radical (unpaired) electrons. The number of amides is 4. The number of fused-ring (bicyclic) bond motifs is 1. The highest BCUT2D eigenvalue weighted by Gasteiger charge is 2.42. The zero-order valence-electron chi connectivity index (χ0n) is 15.6. The summed E-state index contributed by atoms with van der Waals surface area (Å²) in [5.74, 6) is 5.66. The van der Waals surface area contributed by atoms with Crippen LogP contribution in [0.1, 0.15) is 44.9 Å². The van der Waals surface area contributed by atoms with E-state index in [4.69, 9.17) is 5.90 Å². The molecule has 27 heavy (non-hydrogen) atoms. The molecule has 2 rings (SSSR count). The van der Waals surface area contributed by atoms with E-state index in [-0.39, 0.29) is 36.5 Å². The highest BCUT2D eigenvalue weighted by atomic mass is 32.2. The predicted octanol–water partition coefficient (Wildman–Crippen LogP) is 0.00520. The van der Waals surface area contributed by atoms with E-state index in [0.717, 1.165) is 44.3 Å². The molecule has 10 heteroatoms. The number of nitrogens with two attached hydrogens (primary N) is 1. The molecule has 6 N–H and O–H groups in total. The van der Waals surface area contributed by atoms with Gasteiger partial charge in [-0.2, -0.15) is 11.8 Å². The maximum Gasteiger partial charge on any atom is 0.315 e. The van der Waals surface area contributed by atoms with Crippen LogP contribution in [0.5, 0.6) is 0 Å². The lowest BCUT2D eigenvalue weighted by molar-refractivity contribution is -0.125. The van der Waals surface area contributed by atoms with Gasteiger partial charge in [-0.1, -0.05) is 6.42 Å². The number of carbonyl (C=O) groups is 3. The molecule has 0 spiro atoms. The van der Waals surface area contributed by atoms with Crippen molar-refractivity contribution in [1.29, 1.82) is 0 Å². The van der Waals surface area contributed by atoms with Gasteiger partial charge in [-0.3, -0.25) is 14.4 Å². The number of hydrogen-bond donors (Lipinski definition) is 5. The van der Waals surface area contributed by atoms with Gasteiger partial charge in [0.15, 0.2) is 0 Å². The largest absolute Gasteiger partial charge is 0.356 e. The van der Waals surface area contributed by atoms with Crippen molar-refractivity contribution in [1.82, 2.24) is 21.3 Å². The third kappa shape index (κ3) is 7.94. The molecular formula is C17H31N5O4S. The van der Waals surface area contributed by atoms with Crippen LogP contribution in [0.3, 0.4) is 0 Å². The normalized spacial score (nSPS) is 23.4. The first-order valence-corrected chi connectivity index (χ1v) is 10.7. The molecule has 2 saturated heterocycles. The summed E-state index contributed by atoms with van der Waals surface area (Å²) in [5, 5.41) is 12.0. The maximum atomic E-state index is 11.8. The first-order chi connectivity index (χ1) is 13.1. The van der Waals surface area contributed by atoms with Crippen molar-refractivity contribution in [2.75, 3.05) is 25.4 Å². The summed E-state index contributed by atoms with van der Waals surface area (Å²) in [7, 11) is 0. The van der Waals surface area contributed by atoms with E-state index in [9.17, 15) is 14.4 Å². The van der Waals surface area contributed by atoms with Crippen LogP contribution in [0.25, 0.3) is 0 Å². The number of rotatable bonds is 13. The van der Waals surface area contributed by atoms with E-state index >= 15 is 0 Å². The van der Waals surface area contributed by atoms with Crippen molar-refractivity contribution in [2.24, 2.45) is 5.90 Å². The van der Waals surface area contributed by atoms with Gasteiger partial charge >= 0.3 is 6.03 Å². The molecule has 0 bridgehead atoms. The second-order valence-electron chi connectivity index (χ2n) is 6.94. The highest BCUT2D eigenvalue weighted by molar-refractivity contribution is 8.00. The van der Waals surface area contributed by atoms with Crippen molar-refractivity contribution < 1.29 is 19.2 Å². The van der Waals surface area contributed by atoms with Crippen molar-refractivity contribution in [3.05, 3.63) is 0 Å². The minimum absolute atomic E-state index is 0.0540. The van der Waals surface area contributed by atoms with Gasteiger partial charge in [-0.05, 0) is 32.1 Å². The third-order valence-electron chi connectivity index (χ3n) is 4.79. The first-order valence-electron chi connectivity index (χ1n) is 9.64. The van der Waals surface area contributed by atoms with E-state index in [1.807, 2.05) is 11.8 Å². The summed E-state index contributed by atoms with van der Waals surface area (Å²) in [5.41, 5.74) is 0. The summed E-state index contributed by atoms with van der Waals surface area (Å²) in [6.07, 6.45) is 6.13. The minimum atomic E-state index is -0.219. The van der Waals surface area contributed by atoms with Crippen LogP contribution >= 0.6 is 11.8 Å². The molecule has 154 valence electrons. The van der Waals surface area contributed by atoms with Crippen LogP contribution in [0, 0.1) is 0 Å². The standard InChI is InChI=1S/C17H31N5O4S/c18-26-10-15(24)20-9-5-1-4-8-19-14(23)7-3-2-6-13-16-12(11-27-13)21-17(25)22-16/h12-13,16H,1-11,18H2,(H,19,23)(H,20,24)(H2,21,22,25). The van der Waals surface area contributed by atoms with Gasteiger partial charge in [0, 0.05) is 30.5 Å². The Kier molecular flexibility index (Phi) is 9.71. The van der Waals surface area contributed by atoms with Crippen molar-refractivity contribution in [3.63, 3.8) is 0 Å². The van der Waals surface area contributed by atoms with Gasteiger partial charge < -0.3 is 21.3 Å². The third-order valence-corrected chi connectivity index (χ3v) is 6.30.